The molecule has 0 amide bonds. The summed E-state index contributed by atoms with van der Waals surface area (Å²) in [5.41, 5.74) is 1.93. The van der Waals surface area contributed by atoms with Gasteiger partial charge in [0.25, 0.3) is 0 Å². The Morgan fingerprint density at radius 2 is 1.62 bits per heavy atom. The van der Waals surface area contributed by atoms with Crippen LogP contribution in [0.15, 0.2) is 46.9 Å². The lowest BCUT2D eigenvalue weighted by Crippen LogP contribution is -2.07. The highest BCUT2D eigenvalue weighted by molar-refractivity contribution is 9.10. The van der Waals surface area contributed by atoms with Crippen LogP contribution in [0.3, 0.4) is 0 Å². The van der Waals surface area contributed by atoms with Crippen LogP contribution >= 0.6 is 15.9 Å². The van der Waals surface area contributed by atoms with Gasteiger partial charge in [-0.25, -0.2) is 0 Å². The van der Waals surface area contributed by atoms with Gasteiger partial charge in [-0.3, -0.25) is 4.79 Å². The molecule has 0 aromatic heterocycles. The van der Waals surface area contributed by atoms with Gasteiger partial charge in [0.05, 0.1) is 14.2 Å². The number of rotatable bonds is 6. The van der Waals surface area contributed by atoms with Crippen molar-refractivity contribution in [3.63, 3.8) is 0 Å². The first-order valence-electron chi connectivity index (χ1n) is 6.59. The summed E-state index contributed by atoms with van der Waals surface area (Å²) in [6.07, 6.45) is 0.806. The zero-order valence-corrected chi connectivity index (χ0v) is 13.6. The van der Waals surface area contributed by atoms with Gasteiger partial charge in [0.15, 0.2) is 11.5 Å². The van der Waals surface area contributed by atoms with Crippen LogP contribution < -0.4 is 9.47 Å². The molecule has 3 nitrogen and oxygen atoms in total. The maximum atomic E-state index is 12.2. The van der Waals surface area contributed by atoms with Gasteiger partial charge < -0.3 is 9.47 Å². The van der Waals surface area contributed by atoms with Crippen molar-refractivity contribution < 1.29 is 14.3 Å². The second-order valence-electron chi connectivity index (χ2n) is 4.71. The van der Waals surface area contributed by atoms with Gasteiger partial charge in [-0.15, -0.1) is 0 Å². The van der Waals surface area contributed by atoms with E-state index in [4.69, 9.17) is 9.47 Å². The number of hydrogen-bond acceptors (Lipinski definition) is 3. The van der Waals surface area contributed by atoms with Gasteiger partial charge in [0.1, 0.15) is 5.78 Å². The van der Waals surface area contributed by atoms with Crippen LogP contribution in [0.2, 0.25) is 0 Å². The van der Waals surface area contributed by atoms with Crippen LogP contribution in [0.1, 0.15) is 11.1 Å². The molecule has 0 N–H and O–H groups in total. The third kappa shape index (κ3) is 4.33. The summed E-state index contributed by atoms with van der Waals surface area (Å²) in [5, 5.41) is 0. The van der Waals surface area contributed by atoms with Crippen molar-refractivity contribution in [2.24, 2.45) is 0 Å². The second kappa shape index (κ2) is 7.27. The van der Waals surface area contributed by atoms with Gasteiger partial charge in [-0.05, 0) is 35.4 Å². The second-order valence-corrected chi connectivity index (χ2v) is 5.63. The van der Waals surface area contributed by atoms with Gasteiger partial charge >= 0.3 is 0 Å². The summed E-state index contributed by atoms with van der Waals surface area (Å²) in [5.74, 6) is 1.48. The average Bonchev–Trinajstić information content (AvgIpc) is 2.47. The first-order chi connectivity index (χ1) is 10.1. The van der Waals surface area contributed by atoms with Crippen LogP contribution in [0, 0.1) is 0 Å². The number of hydrogen-bond donors (Lipinski definition) is 0. The molecule has 0 spiro atoms. The Hall–Kier alpha value is -1.81. The number of benzene rings is 2. The van der Waals surface area contributed by atoms with E-state index in [-0.39, 0.29) is 5.78 Å². The fourth-order valence-electron chi connectivity index (χ4n) is 2.16. The number of Topliss-reactive ketones (excluding diaryl/α,β-unsaturated/α-hetero) is 1. The highest BCUT2D eigenvalue weighted by Crippen LogP contribution is 2.27. The SMILES string of the molecule is COc1ccc(CC(=O)Cc2cccc(Br)c2)cc1OC. The minimum absolute atomic E-state index is 0.167. The van der Waals surface area contributed by atoms with E-state index in [1.807, 2.05) is 42.5 Å². The van der Waals surface area contributed by atoms with E-state index in [1.54, 1.807) is 14.2 Å². The highest BCUT2D eigenvalue weighted by Gasteiger charge is 2.09. The standard InChI is InChI=1S/C17H17BrO3/c1-20-16-7-6-13(11-17(16)21-2)10-15(19)9-12-4-3-5-14(18)8-12/h3-8,11H,9-10H2,1-2H3. The Kier molecular flexibility index (Phi) is 5.39. The lowest BCUT2D eigenvalue weighted by Gasteiger charge is -2.09. The Balaban J connectivity index is 2.06. The molecule has 0 saturated heterocycles. The molecule has 0 unspecified atom stereocenters. The van der Waals surface area contributed by atoms with Crippen molar-refractivity contribution in [2.45, 2.75) is 12.8 Å². The summed E-state index contributed by atoms with van der Waals surface area (Å²) in [6, 6.07) is 13.4. The van der Waals surface area contributed by atoms with Crippen molar-refractivity contribution in [1.29, 1.82) is 0 Å². The smallest absolute Gasteiger partial charge is 0.161 e. The van der Waals surface area contributed by atoms with Crippen molar-refractivity contribution in [2.75, 3.05) is 14.2 Å². The average molecular weight is 349 g/mol. The summed E-state index contributed by atoms with van der Waals surface area (Å²) in [4.78, 5) is 12.2. The fraction of sp³-hybridized carbons (Fsp3) is 0.235. The monoisotopic (exact) mass is 348 g/mol. The Labute approximate surface area is 133 Å². The van der Waals surface area contributed by atoms with Crippen LogP contribution in [0.5, 0.6) is 11.5 Å². The first-order valence-corrected chi connectivity index (χ1v) is 7.38. The van der Waals surface area contributed by atoms with E-state index in [9.17, 15) is 4.79 Å². The van der Waals surface area contributed by atoms with E-state index < -0.39 is 0 Å². The zero-order valence-electron chi connectivity index (χ0n) is 12.1. The lowest BCUT2D eigenvalue weighted by molar-refractivity contribution is -0.117. The van der Waals surface area contributed by atoms with Gasteiger partial charge in [-0.2, -0.15) is 0 Å². The minimum atomic E-state index is 0.167. The molecule has 0 aliphatic carbocycles. The number of methoxy groups -OCH3 is 2. The summed E-state index contributed by atoms with van der Waals surface area (Å²) < 4.78 is 11.4. The molecule has 0 fully saturated rings. The Morgan fingerprint density at radius 1 is 0.952 bits per heavy atom. The normalized spacial score (nSPS) is 10.2. The topological polar surface area (TPSA) is 35.5 Å². The molecule has 0 saturated carbocycles. The van der Waals surface area contributed by atoms with Gasteiger partial charge in [-0.1, -0.05) is 34.1 Å². The van der Waals surface area contributed by atoms with Crippen LogP contribution in [0.4, 0.5) is 0 Å². The van der Waals surface area contributed by atoms with Crippen molar-refractivity contribution in [3.05, 3.63) is 58.1 Å². The number of carbonyl (C=O) groups is 1. The third-order valence-electron chi connectivity index (χ3n) is 3.14. The molecular weight excluding hydrogens is 332 g/mol. The largest absolute Gasteiger partial charge is 0.493 e. The zero-order chi connectivity index (χ0) is 15.2. The lowest BCUT2D eigenvalue weighted by atomic mass is 10.0. The molecule has 0 heterocycles. The van der Waals surface area contributed by atoms with Gasteiger partial charge in [0.2, 0.25) is 0 Å². The fourth-order valence-corrected chi connectivity index (χ4v) is 2.60. The van der Waals surface area contributed by atoms with Crippen LogP contribution in [-0.2, 0) is 17.6 Å². The molecule has 0 aliphatic heterocycles. The molecule has 2 aromatic rings. The molecule has 2 aromatic carbocycles. The number of ketones is 1. The molecule has 21 heavy (non-hydrogen) atoms. The Bertz CT molecular complexity index is 638. The van der Waals surface area contributed by atoms with E-state index >= 15 is 0 Å². The molecule has 0 radical (unpaired) electrons. The van der Waals surface area contributed by atoms with E-state index in [0.717, 1.165) is 15.6 Å². The molecule has 0 aliphatic rings. The minimum Gasteiger partial charge on any atom is -0.493 e. The quantitative estimate of drug-likeness (QED) is 0.795. The predicted octanol–water partition coefficient (Wildman–Crippen LogP) is 3.82. The van der Waals surface area contributed by atoms with Crippen molar-refractivity contribution >= 4 is 21.7 Å². The molecular formula is C17H17BrO3. The molecule has 2 rings (SSSR count). The highest BCUT2D eigenvalue weighted by atomic mass is 79.9. The maximum Gasteiger partial charge on any atom is 0.161 e. The van der Waals surface area contributed by atoms with E-state index in [2.05, 4.69) is 15.9 Å². The maximum absolute atomic E-state index is 12.2. The number of carbonyl (C=O) groups excluding carboxylic acids is 1. The van der Waals surface area contributed by atoms with E-state index in [0.29, 0.717) is 24.3 Å². The summed E-state index contributed by atoms with van der Waals surface area (Å²) in [7, 11) is 3.18. The summed E-state index contributed by atoms with van der Waals surface area (Å²) in [6.45, 7) is 0. The third-order valence-corrected chi connectivity index (χ3v) is 3.63. The van der Waals surface area contributed by atoms with Crippen LogP contribution in [0.25, 0.3) is 0 Å². The first kappa shape index (κ1) is 15.6. The number of halogens is 1. The van der Waals surface area contributed by atoms with Crippen molar-refractivity contribution in [3.8, 4) is 11.5 Å². The van der Waals surface area contributed by atoms with E-state index in [1.165, 1.54) is 0 Å². The van der Waals surface area contributed by atoms with Crippen molar-refractivity contribution in [1.82, 2.24) is 0 Å². The molecule has 4 heteroatoms. The summed E-state index contributed by atoms with van der Waals surface area (Å²) >= 11 is 3.41. The molecule has 0 atom stereocenters. The van der Waals surface area contributed by atoms with Gasteiger partial charge in [0, 0.05) is 17.3 Å². The predicted molar refractivity (Wildman–Crippen MR) is 86.1 cm³/mol. The number of ether oxygens (including phenoxy) is 2. The Morgan fingerprint density at radius 3 is 2.24 bits per heavy atom. The molecule has 110 valence electrons. The molecule has 0 bridgehead atoms. The van der Waals surface area contributed by atoms with Crippen LogP contribution in [-0.4, -0.2) is 20.0 Å².